The van der Waals surface area contributed by atoms with Gasteiger partial charge >= 0.3 is 0 Å². The Morgan fingerprint density at radius 1 is 1.17 bits per heavy atom. The minimum Gasteiger partial charge on any atom is -0.356 e. The minimum absolute atomic E-state index is 0.110. The van der Waals surface area contributed by atoms with E-state index < -0.39 is 0 Å². The monoisotopic (exact) mass is 310 g/mol. The Hall–Kier alpha value is -2.43. The van der Waals surface area contributed by atoms with Crippen LogP contribution in [-0.4, -0.2) is 35.5 Å². The van der Waals surface area contributed by atoms with E-state index in [-0.39, 0.29) is 11.8 Å². The lowest BCUT2D eigenvalue weighted by atomic mass is 9.96. The molecule has 1 aromatic carbocycles. The van der Waals surface area contributed by atoms with Gasteiger partial charge in [-0.1, -0.05) is 30.3 Å². The zero-order chi connectivity index (χ0) is 15.9. The molecule has 2 heterocycles. The molecule has 120 valence electrons. The van der Waals surface area contributed by atoms with E-state index in [9.17, 15) is 4.79 Å². The molecule has 0 aliphatic carbocycles. The van der Waals surface area contributed by atoms with Gasteiger partial charge in [0, 0.05) is 37.9 Å². The highest BCUT2D eigenvalue weighted by Crippen LogP contribution is 2.21. The third kappa shape index (κ3) is 4.28. The van der Waals surface area contributed by atoms with Crippen molar-refractivity contribution in [2.45, 2.75) is 19.3 Å². The van der Waals surface area contributed by atoms with Gasteiger partial charge in [-0.15, -0.1) is 0 Å². The van der Waals surface area contributed by atoms with Gasteiger partial charge in [0.05, 0.1) is 6.20 Å². The number of piperidine rings is 1. The van der Waals surface area contributed by atoms with E-state index in [1.54, 1.807) is 18.6 Å². The number of carbonyl (C=O) groups excluding carboxylic acids is 1. The highest BCUT2D eigenvalue weighted by atomic mass is 16.1. The van der Waals surface area contributed by atoms with Crippen molar-refractivity contribution in [1.29, 1.82) is 0 Å². The summed E-state index contributed by atoms with van der Waals surface area (Å²) in [6, 6.07) is 10.2. The lowest BCUT2D eigenvalue weighted by molar-refractivity contribution is -0.125. The fraction of sp³-hybridized carbons (Fsp3) is 0.389. The summed E-state index contributed by atoms with van der Waals surface area (Å²) in [6.45, 7) is 2.41. The second-order valence-corrected chi connectivity index (χ2v) is 5.85. The number of hydrogen-bond donors (Lipinski definition) is 1. The van der Waals surface area contributed by atoms with Crippen LogP contribution in [0.4, 0.5) is 5.82 Å². The summed E-state index contributed by atoms with van der Waals surface area (Å²) in [5, 5.41) is 3.07. The van der Waals surface area contributed by atoms with Crippen molar-refractivity contribution in [2.75, 3.05) is 24.5 Å². The van der Waals surface area contributed by atoms with Crippen molar-refractivity contribution >= 4 is 11.7 Å². The summed E-state index contributed by atoms with van der Waals surface area (Å²) in [5.74, 6) is 1.19. The number of aromatic nitrogens is 2. The SMILES string of the molecule is O=C(NCCc1ccccc1)C1CCN(c2cnccn2)CC1. The van der Waals surface area contributed by atoms with Crippen LogP contribution in [0.1, 0.15) is 18.4 Å². The Labute approximate surface area is 136 Å². The number of hydrogen-bond acceptors (Lipinski definition) is 4. The van der Waals surface area contributed by atoms with Gasteiger partial charge in [0.25, 0.3) is 0 Å². The number of nitrogens with zero attached hydrogens (tertiary/aromatic N) is 3. The molecule has 1 N–H and O–H groups in total. The number of carbonyl (C=O) groups is 1. The highest BCUT2D eigenvalue weighted by Gasteiger charge is 2.25. The second-order valence-electron chi connectivity index (χ2n) is 5.85. The maximum Gasteiger partial charge on any atom is 0.223 e. The highest BCUT2D eigenvalue weighted by molar-refractivity contribution is 5.78. The molecule has 1 amide bonds. The molecule has 0 unspecified atom stereocenters. The van der Waals surface area contributed by atoms with Gasteiger partial charge in [0.2, 0.25) is 5.91 Å². The molecule has 0 radical (unpaired) electrons. The van der Waals surface area contributed by atoms with Crippen molar-refractivity contribution in [3.05, 3.63) is 54.5 Å². The number of amides is 1. The average molecular weight is 310 g/mol. The fourth-order valence-corrected chi connectivity index (χ4v) is 2.94. The summed E-state index contributed by atoms with van der Waals surface area (Å²) in [5.41, 5.74) is 1.25. The maximum absolute atomic E-state index is 12.3. The minimum atomic E-state index is 0.110. The lowest BCUT2D eigenvalue weighted by Crippen LogP contribution is -2.41. The number of rotatable bonds is 5. The maximum atomic E-state index is 12.3. The molecule has 5 heteroatoms. The quantitative estimate of drug-likeness (QED) is 0.918. The van der Waals surface area contributed by atoms with Crippen LogP contribution in [0.25, 0.3) is 0 Å². The van der Waals surface area contributed by atoms with Crippen molar-refractivity contribution in [2.24, 2.45) is 5.92 Å². The largest absolute Gasteiger partial charge is 0.356 e. The molecule has 1 aliphatic rings. The molecule has 0 atom stereocenters. The van der Waals surface area contributed by atoms with Crippen LogP contribution in [0, 0.1) is 5.92 Å². The summed E-state index contributed by atoms with van der Waals surface area (Å²) >= 11 is 0. The van der Waals surface area contributed by atoms with Crippen LogP contribution in [0.2, 0.25) is 0 Å². The number of anilines is 1. The van der Waals surface area contributed by atoms with E-state index in [2.05, 4.69) is 32.3 Å². The van der Waals surface area contributed by atoms with Crippen LogP contribution >= 0.6 is 0 Å². The first-order chi connectivity index (χ1) is 11.3. The molecule has 0 bridgehead atoms. The van der Waals surface area contributed by atoms with Gasteiger partial charge in [0.15, 0.2) is 0 Å². The first kappa shape index (κ1) is 15.5. The molecular weight excluding hydrogens is 288 g/mol. The Bertz CT molecular complexity index is 609. The van der Waals surface area contributed by atoms with Crippen LogP contribution in [0.5, 0.6) is 0 Å². The fourth-order valence-electron chi connectivity index (χ4n) is 2.94. The predicted molar refractivity (Wildman–Crippen MR) is 90.1 cm³/mol. The topological polar surface area (TPSA) is 58.1 Å². The van der Waals surface area contributed by atoms with E-state index in [0.717, 1.165) is 38.2 Å². The van der Waals surface area contributed by atoms with E-state index >= 15 is 0 Å². The Morgan fingerprint density at radius 3 is 2.65 bits per heavy atom. The van der Waals surface area contributed by atoms with E-state index in [1.807, 2.05) is 18.2 Å². The van der Waals surface area contributed by atoms with E-state index in [0.29, 0.717) is 6.54 Å². The Morgan fingerprint density at radius 2 is 1.96 bits per heavy atom. The van der Waals surface area contributed by atoms with Gasteiger partial charge < -0.3 is 10.2 Å². The molecule has 2 aromatic rings. The zero-order valence-electron chi connectivity index (χ0n) is 13.2. The molecule has 1 saturated heterocycles. The summed E-state index contributed by atoms with van der Waals surface area (Å²) in [6.07, 6.45) is 7.78. The van der Waals surface area contributed by atoms with Crippen LogP contribution in [0.15, 0.2) is 48.9 Å². The summed E-state index contributed by atoms with van der Waals surface area (Å²) in [4.78, 5) is 22.9. The van der Waals surface area contributed by atoms with Gasteiger partial charge in [-0.2, -0.15) is 0 Å². The van der Waals surface area contributed by atoms with Crippen molar-refractivity contribution in [3.8, 4) is 0 Å². The molecule has 0 spiro atoms. The molecule has 23 heavy (non-hydrogen) atoms. The molecule has 3 rings (SSSR count). The first-order valence-electron chi connectivity index (χ1n) is 8.15. The molecule has 0 saturated carbocycles. The smallest absolute Gasteiger partial charge is 0.223 e. The molecule has 1 fully saturated rings. The van der Waals surface area contributed by atoms with Crippen molar-refractivity contribution in [3.63, 3.8) is 0 Å². The molecular formula is C18H22N4O. The standard InChI is InChI=1S/C18H22N4O/c23-18(21-9-6-15-4-2-1-3-5-15)16-7-12-22(13-8-16)17-14-19-10-11-20-17/h1-5,10-11,14,16H,6-9,12-13H2,(H,21,23). The lowest BCUT2D eigenvalue weighted by Gasteiger charge is -2.31. The average Bonchev–Trinajstić information content (AvgIpc) is 2.63. The third-order valence-electron chi connectivity index (χ3n) is 4.30. The van der Waals surface area contributed by atoms with Crippen molar-refractivity contribution < 1.29 is 4.79 Å². The Balaban J connectivity index is 1.41. The number of benzene rings is 1. The molecule has 5 nitrogen and oxygen atoms in total. The van der Waals surface area contributed by atoms with E-state index in [1.165, 1.54) is 5.56 Å². The van der Waals surface area contributed by atoms with Crippen LogP contribution in [-0.2, 0) is 11.2 Å². The molecule has 1 aliphatic heterocycles. The van der Waals surface area contributed by atoms with E-state index in [4.69, 9.17) is 0 Å². The zero-order valence-corrected chi connectivity index (χ0v) is 13.2. The normalized spacial score (nSPS) is 15.4. The van der Waals surface area contributed by atoms with Gasteiger partial charge in [-0.3, -0.25) is 9.78 Å². The second kappa shape index (κ2) is 7.72. The summed E-state index contributed by atoms with van der Waals surface area (Å²) < 4.78 is 0. The van der Waals surface area contributed by atoms with Gasteiger partial charge in [-0.05, 0) is 24.8 Å². The van der Waals surface area contributed by atoms with Gasteiger partial charge in [-0.25, -0.2) is 4.98 Å². The molecule has 1 aromatic heterocycles. The summed E-state index contributed by atoms with van der Waals surface area (Å²) in [7, 11) is 0. The Kier molecular flexibility index (Phi) is 5.19. The van der Waals surface area contributed by atoms with Gasteiger partial charge in [0.1, 0.15) is 5.82 Å². The third-order valence-corrected chi connectivity index (χ3v) is 4.30. The van der Waals surface area contributed by atoms with Crippen LogP contribution in [0.3, 0.4) is 0 Å². The predicted octanol–water partition coefficient (Wildman–Crippen LogP) is 2.05. The first-order valence-corrected chi connectivity index (χ1v) is 8.15. The number of nitrogens with one attached hydrogen (secondary N) is 1. The van der Waals surface area contributed by atoms with Crippen molar-refractivity contribution in [1.82, 2.24) is 15.3 Å². The van der Waals surface area contributed by atoms with Crippen LogP contribution < -0.4 is 10.2 Å².